The minimum atomic E-state index is -0.655. The number of aliphatic hydroxyl groups excluding tert-OH is 1. The van der Waals surface area contributed by atoms with Crippen LogP contribution in [-0.2, 0) is 0 Å². The fraction of sp³-hybridized carbons (Fsp3) is 0.538. The lowest BCUT2D eigenvalue weighted by atomic mass is 9.90. The van der Waals surface area contributed by atoms with Gasteiger partial charge in [0.2, 0.25) is 0 Å². The molecule has 1 unspecified atom stereocenters. The lowest BCUT2D eigenvalue weighted by Gasteiger charge is -2.21. The number of hydrogen-bond acceptors (Lipinski definition) is 1. The van der Waals surface area contributed by atoms with E-state index in [4.69, 9.17) is 0 Å². The van der Waals surface area contributed by atoms with Crippen LogP contribution in [0.15, 0.2) is 12.1 Å². The lowest BCUT2D eigenvalue weighted by Crippen LogP contribution is -2.13. The van der Waals surface area contributed by atoms with Crippen molar-refractivity contribution in [2.24, 2.45) is 5.41 Å². The standard InChI is InChI=1S/C13H17FO/c1-8-6-9(2)11(10(14)7-8)12(15)13(3)4-5-13/h6-7,12,15H,4-5H2,1-3H3. The predicted octanol–water partition coefficient (Wildman–Crippen LogP) is 3.28. The highest BCUT2D eigenvalue weighted by Gasteiger charge is 2.46. The molecule has 0 amide bonds. The summed E-state index contributed by atoms with van der Waals surface area (Å²) in [6.45, 7) is 5.74. The maximum atomic E-state index is 13.8. The van der Waals surface area contributed by atoms with Gasteiger partial charge in [-0.25, -0.2) is 4.39 Å². The van der Waals surface area contributed by atoms with Crippen LogP contribution >= 0.6 is 0 Å². The molecule has 0 aliphatic heterocycles. The summed E-state index contributed by atoms with van der Waals surface area (Å²) in [5.41, 5.74) is 2.15. The van der Waals surface area contributed by atoms with Crippen molar-refractivity contribution in [2.45, 2.75) is 39.7 Å². The van der Waals surface area contributed by atoms with Crippen molar-refractivity contribution < 1.29 is 9.50 Å². The molecule has 0 spiro atoms. The van der Waals surface area contributed by atoms with Crippen LogP contribution in [0.25, 0.3) is 0 Å². The molecule has 0 radical (unpaired) electrons. The van der Waals surface area contributed by atoms with Crippen molar-refractivity contribution in [2.75, 3.05) is 0 Å². The first-order valence-electron chi connectivity index (χ1n) is 5.39. The van der Waals surface area contributed by atoms with Gasteiger partial charge in [-0.3, -0.25) is 0 Å². The Balaban J connectivity index is 2.43. The molecule has 1 aliphatic rings. The lowest BCUT2D eigenvalue weighted by molar-refractivity contribution is 0.0991. The van der Waals surface area contributed by atoms with Gasteiger partial charge in [0.1, 0.15) is 5.82 Å². The van der Waals surface area contributed by atoms with Crippen molar-refractivity contribution >= 4 is 0 Å². The second-order valence-electron chi connectivity index (χ2n) is 5.03. The third-order valence-corrected chi connectivity index (χ3v) is 3.45. The summed E-state index contributed by atoms with van der Waals surface area (Å²) >= 11 is 0. The van der Waals surface area contributed by atoms with E-state index in [1.165, 1.54) is 6.07 Å². The summed E-state index contributed by atoms with van der Waals surface area (Å²) in [4.78, 5) is 0. The predicted molar refractivity (Wildman–Crippen MR) is 58.2 cm³/mol. The Morgan fingerprint density at radius 1 is 1.33 bits per heavy atom. The minimum absolute atomic E-state index is 0.0964. The summed E-state index contributed by atoms with van der Waals surface area (Å²) in [6.07, 6.45) is 1.32. The van der Waals surface area contributed by atoms with E-state index in [0.717, 1.165) is 24.0 Å². The summed E-state index contributed by atoms with van der Waals surface area (Å²) in [6, 6.07) is 3.42. The molecule has 15 heavy (non-hydrogen) atoms. The van der Waals surface area contributed by atoms with E-state index in [1.807, 2.05) is 26.8 Å². The summed E-state index contributed by atoms with van der Waals surface area (Å²) in [7, 11) is 0. The fourth-order valence-corrected chi connectivity index (χ4v) is 2.09. The Bertz CT molecular complexity index is 371. The number of halogens is 1. The van der Waals surface area contributed by atoms with Gasteiger partial charge in [0.25, 0.3) is 0 Å². The molecule has 0 aromatic heterocycles. The first-order valence-corrected chi connectivity index (χ1v) is 5.39. The van der Waals surface area contributed by atoms with E-state index < -0.39 is 6.10 Å². The van der Waals surface area contributed by atoms with Crippen molar-refractivity contribution in [1.82, 2.24) is 0 Å². The zero-order chi connectivity index (χ0) is 11.2. The first kappa shape index (κ1) is 10.6. The SMILES string of the molecule is Cc1cc(C)c(C(O)C2(C)CC2)c(F)c1. The Labute approximate surface area is 89.9 Å². The van der Waals surface area contributed by atoms with Gasteiger partial charge in [-0.1, -0.05) is 13.0 Å². The zero-order valence-electron chi connectivity index (χ0n) is 9.47. The van der Waals surface area contributed by atoms with Gasteiger partial charge < -0.3 is 5.11 Å². The van der Waals surface area contributed by atoms with Crippen LogP contribution in [0.5, 0.6) is 0 Å². The third-order valence-electron chi connectivity index (χ3n) is 3.45. The Morgan fingerprint density at radius 2 is 1.93 bits per heavy atom. The summed E-state index contributed by atoms with van der Waals surface area (Å²) in [5.74, 6) is -0.270. The van der Waals surface area contributed by atoms with Gasteiger partial charge in [-0.2, -0.15) is 0 Å². The van der Waals surface area contributed by atoms with E-state index in [9.17, 15) is 9.50 Å². The number of aryl methyl sites for hydroxylation is 2. The summed E-state index contributed by atoms with van der Waals surface area (Å²) in [5, 5.41) is 10.1. The van der Waals surface area contributed by atoms with Crippen LogP contribution in [0.1, 0.15) is 42.6 Å². The van der Waals surface area contributed by atoms with Gasteiger partial charge in [0, 0.05) is 5.56 Å². The molecule has 1 N–H and O–H groups in total. The topological polar surface area (TPSA) is 20.2 Å². The van der Waals surface area contributed by atoms with Gasteiger partial charge in [0.05, 0.1) is 6.10 Å². The highest BCUT2D eigenvalue weighted by molar-refractivity contribution is 5.35. The molecule has 2 heteroatoms. The van der Waals surface area contributed by atoms with Crippen molar-refractivity contribution in [3.05, 3.63) is 34.6 Å². The van der Waals surface area contributed by atoms with Crippen molar-refractivity contribution in [1.29, 1.82) is 0 Å². The quantitative estimate of drug-likeness (QED) is 0.790. The highest BCUT2D eigenvalue weighted by Crippen LogP contribution is 2.55. The Hall–Kier alpha value is -0.890. The second kappa shape index (κ2) is 3.31. The third kappa shape index (κ3) is 1.78. The number of benzene rings is 1. The van der Waals surface area contributed by atoms with Crippen LogP contribution in [0.4, 0.5) is 4.39 Å². The number of hydrogen-bond donors (Lipinski definition) is 1. The van der Waals surface area contributed by atoms with Crippen LogP contribution in [0.3, 0.4) is 0 Å². The normalized spacial score (nSPS) is 20.1. The van der Waals surface area contributed by atoms with E-state index in [2.05, 4.69) is 0 Å². The molecule has 1 saturated carbocycles. The van der Waals surface area contributed by atoms with E-state index in [0.29, 0.717) is 5.56 Å². The molecule has 1 aromatic carbocycles. The van der Waals surface area contributed by atoms with Crippen LogP contribution < -0.4 is 0 Å². The monoisotopic (exact) mass is 208 g/mol. The van der Waals surface area contributed by atoms with Crippen LogP contribution in [0, 0.1) is 25.1 Å². The highest BCUT2D eigenvalue weighted by atomic mass is 19.1. The van der Waals surface area contributed by atoms with E-state index >= 15 is 0 Å². The molecule has 1 nitrogen and oxygen atoms in total. The minimum Gasteiger partial charge on any atom is -0.388 e. The van der Waals surface area contributed by atoms with E-state index in [1.54, 1.807) is 0 Å². The molecule has 82 valence electrons. The Kier molecular flexibility index (Phi) is 2.34. The second-order valence-corrected chi connectivity index (χ2v) is 5.03. The largest absolute Gasteiger partial charge is 0.388 e. The van der Waals surface area contributed by atoms with Gasteiger partial charge >= 0.3 is 0 Å². The van der Waals surface area contributed by atoms with Gasteiger partial charge in [0.15, 0.2) is 0 Å². The maximum absolute atomic E-state index is 13.8. The van der Waals surface area contributed by atoms with Crippen molar-refractivity contribution in [3.63, 3.8) is 0 Å². The maximum Gasteiger partial charge on any atom is 0.129 e. The average molecular weight is 208 g/mol. The zero-order valence-corrected chi connectivity index (χ0v) is 9.47. The first-order chi connectivity index (χ1) is 6.94. The molecule has 1 atom stereocenters. The average Bonchev–Trinajstić information content (AvgIpc) is 2.82. The van der Waals surface area contributed by atoms with Gasteiger partial charge in [-0.15, -0.1) is 0 Å². The van der Waals surface area contributed by atoms with Crippen LogP contribution in [0.2, 0.25) is 0 Å². The van der Waals surface area contributed by atoms with Crippen molar-refractivity contribution in [3.8, 4) is 0 Å². The molecule has 1 fully saturated rings. The molecular formula is C13H17FO. The molecule has 1 aliphatic carbocycles. The number of rotatable bonds is 2. The molecule has 0 bridgehead atoms. The molecule has 0 saturated heterocycles. The summed E-state index contributed by atoms with van der Waals surface area (Å²) < 4.78 is 13.8. The molecule has 2 rings (SSSR count). The molecule has 0 heterocycles. The molecular weight excluding hydrogens is 191 g/mol. The van der Waals surface area contributed by atoms with Gasteiger partial charge in [-0.05, 0) is 49.3 Å². The smallest absolute Gasteiger partial charge is 0.129 e. The van der Waals surface area contributed by atoms with E-state index in [-0.39, 0.29) is 11.2 Å². The molecule has 1 aromatic rings. The fourth-order valence-electron chi connectivity index (χ4n) is 2.09. The Morgan fingerprint density at radius 3 is 2.40 bits per heavy atom. The van der Waals surface area contributed by atoms with Crippen LogP contribution in [-0.4, -0.2) is 5.11 Å². The number of aliphatic hydroxyl groups is 1.